The predicted molar refractivity (Wildman–Crippen MR) is 108 cm³/mol. The van der Waals surface area contributed by atoms with E-state index in [2.05, 4.69) is 15.8 Å². The summed E-state index contributed by atoms with van der Waals surface area (Å²) in [5.74, 6) is 0.854. The quantitative estimate of drug-likeness (QED) is 0.514. The number of hydrogen-bond acceptors (Lipinski definition) is 5. The van der Waals surface area contributed by atoms with Crippen molar-refractivity contribution in [3.8, 4) is 11.5 Å². The number of nitrogens with one attached hydrogen (secondary N) is 2. The Hall–Kier alpha value is -3.35. The fourth-order valence-corrected chi connectivity index (χ4v) is 2.37. The lowest BCUT2D eigenvalue weighted by molar-refractivity contribution is -0.128. The first-order valence-corrected chi connectivity index (χ1v) is 9.00. The van der Waals surface area contributed by atoms with Crippen molar-refractivity contribution in [3.05, 3.63) is 59.7 Å². The van der Waals surface area contributed by atoms with Crippen molar-refractivity contribution >= 4 is 18.0 Å². The lowest BCUT2D eigenvalue weighted by Crippen LogP contribution is -2.43. The third-order valence-electron chi connectivity index (χ3n) is 3.87. The molecule has 7 heteroatoms. The van der Waals surface area contributed by atoms with Gasteiger partial charge in [-0.05, 0) is 61.4 Å². The average molecular weight is 383 g/mol. The van der Waals surface area contributed by atoms with Gasteiger partial charge in [0.1, 0.15) is 17.5 Å². The van der Waals surface area contributed by atoms with Crippen LogP contribution in [0.15, 0.2) is 53.6 Å². The highest BCUT2D eigenvalue weighted by atomic mass is 16.5. The molecule has 2 amide bonds. The largest absolute Gasteiger partial charge is 0.497 e. The molecule has 7 nitrogen and oxygen atoms in total. The van der Waals surface area contributed by atoms with E-state index in [-0.39, 0.29) is 12.3 Å². The summed E-state index contributed by atoms with van der Waals surface area (Å²) >= 11 is 0. The maximum atomic E-state index is 12.1. The molecule has 0 fully saturated rings. The zero-order valence-corrected chi connectivity index (χ0v) is 16.3. The Morgan fingerprint density at radius 3 is 2.32 bits per heavy atom. The molecule has 0 aromatic heterocycles. The minimum absolute atomic E-state index is 0.178. The smallest absolute Gasteiger partial charge is 0.262 e. The summed E-state index contributed by atoms with van der Waals surface area (Å²) in [4.78, 5) is 24.2. The molecule has 148 valence electrons. The zero-order valence-electron chi connectivity index (χ0n) is 16.3. The van der Waals surface area contributed by atoms with Crippen LogP contribution in [0.2, 0.25) is 0 Å². The van der Waals surface area contributed by atoms with Gasteiger partial charge in [-0.2, -0.15) is 5.10 Å². The van der Waals surface area contributed by atoms with Crippen LogP contribution in [0, 0.1) is 0 Å². The summed E-state index contributed by atoms with van der Waals surface area (Å²) in [5, 5.41) is 6.57. The molecule has 1 unspecified atom stereocenters. The van der Waals surface area contributed by atoms with Crippen LogP contribution in [0.4, 0.5) is 0 Å². The Morgan fingerprint density at radius 1 is 1.07 bits per heavy atom. The second kappa shape index (κ2) is 10.7. The van der Waals surface area contributed by atoms with Crippen LogP contribution in [0.1, 0.15) is 25.0 Å². The van der Waals surface area contributed by atoms with Gasteiger partial charge in [-0.1, -0.05) is 12.1 Å². The zero-order chi connectivity index (χ0) is 20.4. The first-order valence-electron chi connectivity index (χ1n) is 9.00. The molecule has 0 aliphatic rings. The third-order valence-corrected chi connectivity index (χ3v) is 3.87. The number of benzene rings is 2. The number of nitrogens with zero attached hydrogens (tertiary/aromatic N) is 1. The molecular weight excluding hydrogens is 358 g/mol. The Bertz CT molecular complexity index is 801. The number of hydrogen-bond donors (Lipinski definition) is 2. The second-order valence-corrected chi connectivity index (χ2v) is 6.05. The Labute approximate surface area is 164 Å². The Morgan fingerprint density at radius 2 is 1.71 bits per heavy atom. The van der Waals surface area contributed by atoms with E-state index in [4.69, 9.17) is 9.47 Å². The number of methoxy groups -OCH3 is 1. The van der Waals surface area contributed by atoms with Crippen LogP contribution >= 0.6 is 0 Å². The number of ether oxygens (including phenoxy) is 2. The van der Waals surface area contributed by atoms with Crippen molar-refractivity contribution in [1.29, 1.82) is 0 Å². The molecule has 0 aliphatic heterocycles. The highest BCUT2D eigenvalue weighted by molar-refractivity contribution is 5.89. The van der Waals surface area contributed by atoms with Crippen LogP contribution < -0.4 is 20.2 Å². The molecule has 28 heavy (non-hydrogen) atoms. The summed E-state index contributed by atoms with van der Waals surface area (Å²) in [6, 6.07) is 13.8. The normalized spacial score (nSPS) is 11.7. The molecule has 0 radical (unpaired) electrons. The van der Waals surface area contributed by atoms with Crippen LogP contribution in [0.25, 0.3) is 0 Å². The number of amides is 2. The van der Waals surface area contributed by atoms with Crippen molar-refractivity contribution in [2.75, 3.05) is 13.7 Å². The van der Waals surface area contributed by atoms with Crippen LogP contribution in [0.3, 0.4) is 0 Å². The van der Waals surface area contributed by atoms with E-state index >= 15 is 0 Å². The van der Waals surface area contributed by atoms with Crippen molar-refractivity contribution in [2.24, 2.45) is 5.10 Å². The van der Waals surface area contributed by atoms with E-state index in [0.29, 0.717) is 6.61 Å². The molecule has 0 saturated carbocycles. The summed E-state index contributed by atoms with van der Waals surface area (Å²) in [7, 11) is 1.58. The topological polar surface area (TPSA) is 89.0 Å². The first kappa shape index (κ1) is 21.0. The molecule has 2 aromatic carbocycles. The van der Waals surface area contributed by atoms with Gasteiger partial charge in [-0.3, -0.25) is 9.59 Å². The Kier molecular flexibility index (Phi) is 8.02. The maximum absolute atomic E-state index is 12.1. The molecule has 0 spiro atoms. The minimum Gasteiger partial charge on any atom is -0.497 e. The molecule has 0 bridgehead atoms. The van der Waals surface area contributed by atoms with Crippen LogP contribution in [-0.4, -0.2) is 37.8 Å². The standard InChI is InChI=1S/C21H25N3O4/c1-4-28-19-11-7-17(8-12-19)14-22-24-21(26)15(2)23-20(25)13-16-5-9-18(27-3)10-6-16/h5-12,14-15H,4,13H2,1-3H3,(H,23,25)(H,24,26). The van der Waals surface area contributed by atoms with E-state index in [1.165, 1.54) is 6.21 Å². The fraction of sp³-hybridized carbons (Fsp3) is 0.286. The summed E-state index contributed by atoms with van der Waals surface area (Å²) in [6.45, 7) is 4.13. The van der Waals surface area contributed by atoms with E-state index in [0.717, 1.165) is 22.6 Å². The van der Waals surface area contributed by atoms with Gasteiger partial charge < -0.3 is 14.8 Å². The molecule has 2 N–H and O–H groups in total. The minimum atomic E-state index is -0.705. The summed E-state index contributed by atoms with van der Waals surface area (Å²) < 4.78 is 10.4. The molecule has 0 heterocycles. The van der Waals surface area contributed by atoms with Crippen molar-refractivity contribution in [1.82, 2.24) is 10.7 Å². The molecular formula is C21H25N3O4. The third kappa shape index (κ3) is 6.75. The van der Waals surface area contributed by atoms with Gasteiger partial charge in [-0.25, -0.2) is 5.43 Å². The van der Waals surface area contributed by atoms with E-state index < -0.39 is 11.9 Å². The fourth-order valence-electron chi connectivity index (χ4n) is 2.37. The van der Waals surface area contributed by atoms with Crippen molar-refractivity contribution in [2.45, 2.75) is 26.3 Å². The SMILES string of the molecule is CCOc1ccc(C=NNC(=O)C(C)NC(=O)Cc2ccc(OC)cc2)cc1. The van der Waals surface area contributed by atoms with Gasteiger partial charge >= 0.3 is 0 Å². The van der Waals surface area contributed by atoms with Gasteiger partial charge in [0.05, 0.1) is 26.4 Å². The van der Waals surface area contributed by atoms with Gasteiger partial charge in [0.2, 0.25) is 5.91 Å². The second-order valence-electron chi connectivity index (χ2n) is 6.05. The highest BCUT2D eigenvalue weighted by Gasteiger charge is 2.15. The number of carbonyl (C=O) groups is 2. The van der Waals surface area contributed by atoms with Gasteiger partial charge in [0, 0.05) is 0 Å². The summed E-state index contributed by atoms with van der Waals surface area (Å²) in [5.41, 5.74) is 4.08. The molecule has 1 atom stereocenters. The van der Waals surface area contributed by atoms with Gasteiger partial charge in [0.25, 0.3) is 5.91 Å². The Balaban J connectivity index is 1.78. The number of hydrazone groups is 1. The van der Waals surface area contributed by atoms with E-state index in [9.17, 15) is 9.59 Å². The average Bonchev–Trinajstić information content (AvgIpc) is 2.70. The molecule has 2 aromatic rings. The lowest BCUT2D eigenvalue weighted by atomic mass is 10.1. The van der Waals surface area contributed by atoms with Crippen molar-refractivity contribution < 1.29 is 19.1 Å². The highest BCUT2D eigenvalue weighted by Crippen LogP contribution is 2.12. The van der Waals surface area contributed by atoms with E-state index in [1.54, 1.807) is 26.2 Å². The van der Waals surface area contributed by atoms with Gasteiger partial charge in [0.15, 0.2) is 0 Å². The van der Waals surface area contributed by atoms with Crippen LogP contribution in [-0.2, 0) is 16.0 Å². The molecule has 0 aliphatic carbocycles. The number of rotatable bonds is 9. The van der Waals surface area contributed by atoms with Crippen LogP contribution in [0.5, 0.6) is 11.5 Å². The van der Waals surface area contributed by atoms with Crippen molar-refractivity contribution in [3.63, 3.8) is 0 Å². The monoisotopic (exact) mass is 383 g/mol. The molecule has 2 rings (SSSR count). The molecule has 0 saturated heterocycles. The summed E-state index contributed by atoms with van der Waals surface area (Å²) in [6.07, 6.45) is 1.70. The first-order chi connectivity index (χ1) is 13.5. The predicted octanol–water partition coefficient (Wildman–Crippen LogP) is 2.29. The number of carbonyl (C=O) groups excluding carboxylic acids is 2. The maximum Gasteiger partial charge on any atom is 0.262 e. The van der Waals surface area contributed by atoms with Gasteiger partial charge in [-0.15, -0.1) is 0 Å². The van der Waals surface area contributed by atoms with E-state index in [1.807, 2.05) is 43.3 Å². The lowest BCUT2D eigenvalue weighted by Gasteiger charge is -2.12.